The Labute approximate surface area is 198 Å². The molecule has 1 aromatic heterocycles. The number of aromatic nitrogens is 2. The van der Waals surface area contributed by atoms with Crippen LogP contribution in [-0.2, 0) is 4.79 Å². The van der Waals surface area contributed by atoms with Gasteiger partial charge < -0.3 is 20.7 Å². The quantitative estimate of drug-likeness (QED) is 0.414. The van der Waals surface area contributed by atoms with Crippen LogP contribution in [0.3, 0.4) is 0 Å². The normalized spacial score (nSPS) is 14.7. The Balaban J connectivity index is 1.49. The summed E-state index contributed by atoms with van der Waals surface area (Å²) >= 11 is 0. The summed E-state index contributed by atoms with van der Waals surface area (Å²) in [5.41, 5.74) is 6.70. The molecular formula is C26H25N5O3. The summed E-state index contributed by atoms with van der Waals surface area (Å²) in [6.45, 7) is 2.73. The van der Waals surface area contributed by atoms with Crippen molar-refractivity contribution in [2.24, 2.45) is 0 Å². The summed E-state index contributed by atoms with van der Waals surface area (Å²) in [5, 5.41) is 3.20. The molecule has 3 aromatic rings. The maximum absolute atomic E-state index is 13.3. The summed E-state index contributed by atoms with van der Waals surface area (Å²) in [7, 11) is 0. The van der Waals surface area contributed by atoms with Gasteiger partial charge >= 0.3 is 0 Å². The average molecular weight is 456 g/mol. The predicted molar refractivity (Wildman–Crippen MR) is 130 cm³/mol. The van der Waals surface area contributed by atoms with Crippen molar-refractivity contribution in [3.05, 3.63) is 72.1 Å². The first-order valence-corrected chi connectivity index (χ1v) is 11.0. The minimum Gasteiger partial charge on any atom is -0.457 e. The minimum atomic E-state index is -0.303. The van der Waals surface area contributed by atoms with Gasteiger partial charge in [-0.2, -0.15) is 0 Å². The highest BCUT2D eigenvalue weighted by atomic mass is 16.5. The molecule has 0 radical (unpaired) electrons. The second-order valence-electron chi connectivity index (χ2n) is 7.80. The number of carbonyl (C=O) groups excluding carboxylic acids is 2. The summed E-state index contributed by atoms with van der Waals surface area (Å²) in [6.07, 6.45) is 3.06. The standard InChI is InChI=1S/C26H25N5O3/c1-2-7-22(32)31-15-6-8-19(31)16-28-26-23(25(27)29-17-30-26)24(33)18-11-13-21(14-12-18)34-20-9-4-3-5-10-20/h3-5,9-14,17,19H,6,8,15-16H2,1H3,(H3,27,28,29,30)/t19-/m0/s1. The number of carbonyl (C=O) groups is 2. The fourth-order valence-electron chi connectivity index (χ4n) is 3.91. The van der Waals surface area contributed by atoms with E-state index < -0.39 is 0 Å². The van der Waals surface area contributed by atoms with Crippen molar-refractivity contribution in [3.8, 4) is 23.3 Å². The van der Waals surface area contributed by atoms with E-state index in [4.69, 9.17) is 10.5 Å². The van der Waals surface area contributed by atoms with Gasteiger partial charge in [0.15, 0.2) is 5.78 Å². The number of ketones is 1. The van der Waals surface area contributed by atoms with Gasteiger partial charge in [0.05, 0.1) is 0 Å². The van der Waals surface area contributed by atoms with Crippen LogP contribution < -0.4 is 15.8 Å². The molecule has 0 bridgehead atoms. The molecular weight excluding hydrogens is 430 g/mol. The Morgan fingerprint density at radius 1 is 1.12 bits per heavy atom. The molecule has 2 heterocycles. The van der Waals surface area contributed by atoms with Crippen LogP contribution >= 0.6 is 0 Å². The Morgan fingerprint density at radius 3 is 2.59 bits per heavy atom. The number of hydrogen-bond acceptors (Lipinski definition) is 7. The third-order valence-electron chi connectivity index (χ3n) is 5.57. The minimum absolute atomic E-state index is 0.0399. The number of anilines is 2. The maximum Gasteiger partial charge on any atom is 0.298 e. The summed E-state index contributed by atoms with van der Waals surface area (Å²) in [4.78, 5) is 35.5. The molecule has 1 fully saturated rings. The second-order valence-corrected chi connectivity index (χ2v) is 7.80. The maximum atomic E-state index is 13.3. The van der Waals surface area contributed by atoms with Gasteiger partial charge in [-0.25, -0.2) is 9.97 Å². The third-order valence-corrected chi connectivity index (χ3v) is 5.57. The van der Waals surface area contributed by atoms with Gasteiger partial charge in [-0.15, -0.1) is 0 Å². The number of nitrogens with two attached hydrogens (primary N) is 1. The van der Waals surface area contributed by atoms with E-state index in [1.165, 1.54) is 6.33 Å². The number of benzene rings is 2. The lowest BCUT2D eigenvalue weighted by molar-refractivity contribution is -0.125. The molecule has 1 aliphatic heterocycles. The molecule has 0 spiro atoms. The van der Waals surface area contributed by atoms with E-state index in [1.54, 1.807) is 36.1 Å². The largest absolute Gasteiger partial charge is 0.457 e. The molecule has 1 amide bonds. The van der Waals surface area contributed by atoms with Crippen molar-refractivity contribution >= 4 is 23.3 Å². The molecule has 8 heteroatoms. The van der Waals surface area contributed by atoms with Crippen LogP contribution in [-0.4, -0.2) is 45.7 Å². The van der Waals surface area contributed by atoms with Gasteiger partial charge in [0, 0.05) is 24.7 Å². The number of hydrogen-bond donors (Lipinski definition) is 2. The lowest BCUT2D eigenvalue weighted by Crippen LogP contribution is -2.39. The fourth-order valence-corrected chi connectivity index (χ4v) is 3.91. The van der Waals surface area contributed by atoms with Crippen molar-refractivity contribution in [1.29, 1.82) is 0 Å². The zero-order valence-electron chi connectivity index (χ0n) is 18.8. The van der Waals surface area contributed by atoms with Gasteiger partial charge in [-0.05, 0) is 62.1 Å². The van der Waals surface area contributed by atoms with E-state index in [1.807, 2.05) is 30.3 Å². The van der Waals surface area contributed by atoms with Crippen LogP contribution in [0.25, 0.3) is 0 Å². The van der Waals surface area contributed by atoms with E-state index in [0.717, 1.165) is 12.8 Å². The highest BCUT2D eigenvalue weighted by molar-refractivity contribution is 6.14. The van der Waals surface area contributed by atoms with Crippen molar-refractivity contribution in [2.45, 2.75) is 25.8 Å². The van der Waals surface area contributed by atoms with Gasteiger partial charge in [-0.3, -0.25) is 9.59 Å². The molecule has 34 heavy (non-hydrogen) atoms. The van der Waals surface area contributed by atoms with Crippen molar-refractivity contribution < 1.29 is 14.3 Å². The van der Waals surface area contributed by atoms with E-state index in [2.05, 4.69) is 27.1 Å². The van der Waals surface area contributed by atoms with E-state index >= 15 is 0 Å². The first-order chi connectivity index (χ1) is 16.6. The Kier molecular flexibility index (Phi) is 7.04. The molecule has 1 atom stereocenters. The first kappa shape index (κ1) is 22.8. The van der Waals surface area contributed by atoms with Crippen LogP contribution in [0.15, 0.2) is 60.9 Å². The van der Waals surface area contributed by atoms with E-state index in [9.17, 15) is 9.59 Å². The number of likely N-dealkylation sites (tertiary alicyclic amines) is 1. The number of ether oxygens (including phenoxy) is 1. The molecule has 8 nitrogen and oxygen atoms in total. The predicted octanol–water partition coefficient (Wildman–Crippen LogP) is 3.51. The Bertz CT molecular complexity index is 1230. The van der Waals surface area contributed by atoms with Crippen molar-refractivity contribution in [2.75, 3.05) is 24.1 Å². The number of rotatable bonds is 7. The van der Waals surface area contributed by atoms with Gasteiger partial charge in [0.25, 0.3) is 5.91 Å². The number of amides is 1. The molecule has 2 aromatic carbocycles. The SMILES string of the molecule is CC#CC(=O)N1CCC[C@H]1CNc1ncnc(N)c1C(=O)c1ccc(Oc2ccccc2)cc1. The number of nitrogens with one attached hydrogen (secondary N) is 1. The topological polar surface area (TPSA) is 110 Å². The lowest BCUT2D eigenvalue weighted by Gasteiger charge is -2.23. The molecule has 3 N–H and O–H groups in total. The average Bonchev–Trinajstić information content (AvgIpc) is 3.32. The number of nitrogens with zero attached hydrogens (tertiary/aromatic N) is 3. The zero-order valence-corrected chi connectivity index (χ0v) is 18.8. The molecule has 1 saturated heterocycles. The van der Waals surface area contributed by atoms with E-state index in [0.29, 0.717) is 36.0 Å². The molecule has 4 rings (SSSR count). The first-order valence-electron chi connectivity index (χ1n) is 11.0. The van der Waals surface area contributed by atoms with Crippen LogP contribution in [0.4, 0.5) is 11.6 Å². The summed E-state index contributed by atoms with van der Waals surface area (Å²) < 4.78 is 5.79. The highest BCUT2D eigenvalue weighted by Gasteiger charge is 2.28. The molecule has 0 saturated carbocycles. The monoisotopic (exact) mass is 455 g/mol. The van der Waals surface area contributed by atoms with E-state index in [-0.39, 0.29) is 29.1 Å². The van der Waals surface area contributed by atoms with Crippen LogP contribution in [0.2, 0.25) is 0 Å². The number of para-hydroxylation sites is 1. The summed E-state index contributed by atoms with van der Waals surface area (Å²) in [5.74, 6) is 6.49. The molecule has 172 valence electrons. The van der Waals surface area contributed by atoms with Crippen LogP contribution in [0, 0.1) is 11.8 Å². The van der Waals surface area contributed by atoms with Crippen LogP contribution in [0.5, 0.6) is 11.5 Å². The van der Waals surface area contributed by atoms with Crippen molar-refractivity contribution in [3.63, 3.8) is 0 Å². The van der Waals surface area contributed by atoms with Crippen LogP contribution in [0.1, 0.15) is 35.7 Å². The molecule has 0 unspecified atom stereocenters. The summed E-state index contributed by atoms with van der Waals surface area (Å²) in [6, 6.07) is 16.2. The smallest absolute Gasteiger partial charge is 0.298 e. The zero-order chi connectivity index (χ0) is 23.9. The second kappa shape index (κ2) is 10.5. The third kappa shape index (κ3) is 5.15. The highest BCUT2D eigenvalue weighted by Crippen LogP contribution is 2.26. The van der Waals surface area contributed by atoms with Crippen molar-refractivity contribution in [1.82, 2.24) is 14.9 Å². The molecule has 0 aliphatic carbocycles. The Morgan fingerprint density at radius 2 is 1.85 bits per heavy atom. The molecule has 1 aliphatic rings. The van der Waals surface area contributed by atoms with Gasteiger partial charge in [0.1, 0.15) is 35.0 Å². The fraction of sp³-hybridized carbons (Fsp3) is 0.231. The lowest BCUT2D eigenvalue weighted by atomic mass is 10.0. The van der Waals surface area contributed by atoms with Gasteiger partial charge in [0.2, 0.25) is 0 Å². The number of nitrogen functional groups attached to an aromatic ring is 1. The Hall–Kier alpha value is -4.38. The van der Waals surface area contributed by atoms with Gasteiger partial charge in [-0.1, -0.05) is 24.1 Å².